The van der Waals surface area contributed by atoms with E-state index in [9.17, 15) is 14.7 Å². The Morgan fingerprint density at radius 1 is 1.03 bits per heavy atom. The standard InChI is InChI=1S/C22H23N3O5S/c1-29-20-11-16(6-7-19(20)30-12-17-13-31-14-25-17)22(28)24-9-3-8-23-21(27)15-4-2-5-18(26)10-15/h2,4-7,10-11,13-14,26H,3,8-9,12H2,1H3,(H,23,27)(H,24,28). The zero-order valence-corrected chi connectivity index (χ0v) is 17.8. The molecule has 2 aromatic carbocycles. The van der Waals surface area contributed by atoms with Gasteiger partial charge in [-0.3, -0.25) is 9.59 Å². The van der Waals surface area contributed by atoms with Crippen LogP contribution in [0.25, 0.3) is 0 Å². The summed E-state index contributed by atoms with van der Waals surface area (Å²) in [6, 6.07) is 11.1. The van der Waals surface area contributed by atoms with Crippen LogP contribution in [-0.4, -0.2) is 42.1 Å². The van der Waals surface area contributed by atoms with Crippen LogP contribution in [0, 0.1) is 0 Å². The van der Waals surface area contributed by atoms with Gasteiger partial charge in [-0.25, -0.2) is 4.98 Å². The summed E-state index contributed by atoms with van der Waals surface area (Å²) in [5.41, 5.74) is 3.39. The van der Waals surface area contributed by atoms with Crippen LogP contribution in [0.1, 0.15) is 32.8 Å². The molecule has 0 aliphatic carbocycles. The number of nitrogens with zero attached hydrogens (tertiary/aromatic N) is 1. The van der Waals surface area contributed by atoms with E-state index in [1.807, 2.05) is 5.38 Å². The highest BCUT2D eigenvalue weighted by Gasteiger charge is 2.12. The largest absolute Gasteiger partial charge is 0.508 e. The van der Waals surface area contributed by atoms with E-state index in [0.717, 1.165) is 5.69 Å². The van der Waals surface area contributed by atoms with Gasteiger partial charge in [0, 0.05) is 29.6 Å². The van der Waals surface area contributed by atoms with Gasteiger partial charge in [-0.2, -0.15) is 0 Å². The fraction of sp³-hybridized carbons (Fsp3) is 0.227. The molecule has 0 radical (unpaired) electrons. The van der Waals surface area contributed by atoms with Crippen LogP contribution < -0.4 is 20.1 Å². The number of nitrogens with one attached hydrogen (secondary N) is 2. The van der Waals surface area contributed by atoms with Crippen LogP contribution in [0.5, 0.6) is 17.2 Å². The van der Waals surface area contributed by atoms with Gasteiger partial charge in [-0.05, 0) is 42.8 Å². The van der Waals surface area contributed by atoms with Crippen molar-refractivity contribution in [2.24, 2.45) is 0 Å². The number of benzene rings is 2. The Bertz CT molecular complexity index is 1020. The van der Waals surface area contributed by atoms with E-state index in [2.05, 4.69) is 15.6 Å². The lowest BCUT2D eigenvalue weighted by atomic mass is 10.2. The molecule has 0 atom stereocenters. The van der Waals surface area contributed by atoms with Crippen molar-refractivity contribution in [1.29, 1.82) is 0 Å². The van der Waals surface area contributed by atoms with Gasteiger partial charge >= 0.3 is 0 Å². The summed E-state index contributed by atoms with van der Waals surface area (Å²) in [6.45, 7) is 1.10. The third-order valence-corrected chi connectivity index (χ3v) is 4.95. The lowest BCUT2D eigenvalue weighted by Gasteiger charge is -2.12. The van der Waals surface area contributed by atoms with E-state index < -0.39 is 0 Å². The molecule has 1 aromatic heterocycles. The number of ether oxygens (including phenoxy) is 2. The summed E-state index contributed by atoms with van der Waals surface area (Å²) in [7, 11) is 1.52. The molecular formula is C22H23N3O5S. The third kappa shape index (κ3) is 6.45. The number of carbonyl (C=O) groups is 2. The number of amides is 2. The first-order chi connectivity index (χ1) is 15.1. The van der Waals surface area contributed by atoms with Gasteiger partial charge in [-0.15, -0.1) is 11.3 Å². The predicted molar refractivity (Wildman–Crippen MR) is 117 cm³/mol. The highest BCUT2D eigenvalue weighted by Crippen LogP contribution is 2.28. The minimum absolute atomic E-state index is 0.0369. The monoisotopic (exact) mass is 441 g/mol. The second-order valence-electron chi connectivity index (χ2n) is 6.55. The molecule has 2 amide bonds. The van der Waals surface area contributed by atoms with Crippen LogP contribution in [-0.2, 0) is 6.61 Å². The minimum atomic E-state index is -0.278. The van der Waals surface area contributed by atoms with Crippen molar-refractivity contribution < 1.29 is 24.2 Å². The number of methoxy groups -OCH3 is 1. The molecule has 0 aliphatic rings. The molecule has 0 saturated heterocycles. The Balaban J connectivity index is 1.44. The molecule has 0 bridgehead atoms. The number of rotatable bonds is 10. The fourth-order valence-electron chi connectivity index (χ4n) is 2.73. The molecule has 31 heavy (non-hydrogen) atoms. The molecule has 0 spiro atoms. The van der Waals surface area contributed by atoms with Gasteiger partial charge in [0.2, 0.25) is 0 Å². The summed E-state index contributed by atoms with van der Waals surface area (Å²) in [4.78, 5) is 28.6. The van der Waals surface area contributed by atoms with Gasteiger partial charge in [0.05, 0.1) is 18.3 Å². The summed E-state index contributed by atoms with van der Waals surface area (Å²) in [6.07, 6.45) is 0.558. The van der Waals surface area contributed by atoms with Gasteiger partial charge in [0.1, 0.15) is 12.4 Å². The van der Waals surface area contributed by atoms with Crippen molar-refractivity contribution in [3.05, 3.63) is 70.2 Å². The Hall–Kier alpha value is -3.59. The maximum absolute atomic E-state index is 12.4. The fourth-order valence-corrected chi connectivity index (χ4v) is 3.28. The van der Waals surface area contributed by atoms with Gasteiger partial charge < -0.3 is 25.2 Å². The van der Waals surface area contributed by atoms with E-state index >= 15 is 0 Å². The highest BCUT2D eigenvalue weighted by atomic mass is 32.1. The van der Waals surface area contributed by atoms with E-state index in [0.29, 0.717) is 48.7 Å². The zero-order chi connectivity index (χ0) is 22.1. The second kappa shape index (κ2) is 11.0. The molecule has 0 fully saturated rings. The lowest BCUT2D eigenvalue weighted by molar-refractivity contribution is 0.0951. The molecule has 0 saturated carbocycles. The number of thiazole rings is 1. The van der Waals surface area contributed by atoms with Gasteiger partial charge in [-0.1, -0.05) is 6.07 Å². The van der Waals surface area contributed by atoms with Crippen molar-refractivity contribution in [3.8, 4) is 17.2 Å². The molecule has 0 aliphatic heterocycles. The quantitative estimate of drug-likeness (QED) is 0.417. The molecule has 162 valence electrons. The summed E-state index contributed by atoms with van der Waals surface area (Å²) in [5.74, 6) is 0.502. The number of phenols is 1. The van der Waals surface area contributed by atoms with Crippen LogP contribution in [0.3, 0.4) is 0 Å². The normalized spacial score (nSPS) is 10.4. The molecular weight excluding hydrogens is 418 g/mol. The Morgan fingerprint density at radius 2 is 1.77 bits per heavy atom. The zero-order valence-electron chi connectivity index (χ0n) is 17.0. The molecule has 3 aromatic rings. The van der Waals surface area contributed by atoms with Crippen LogP contribution in [0.15, 0.2) is 53.4 Å². The van der Waals surface area contributed by atoms with E-state index in [1.165, 1.54) is 30.6 Å². The van der Waals surface area contributed by atoms with Crippen LogP contribution in [0.4, 0.5) is 0 Å². The number of carbonyl (C=O) groups excluding carboxylic acids is 2. The Morgan fingerprint density at radius 3 is 2.42 bits per heavy atom. The average molecular weight is 442 g/mol. The van der Waals surface area contributed by atoms with E-state index in [-0.39, 0.29) is 17.6 Å². The predicted octanol–water partition coefficient (Wildman–Crippen LogP) is 2.99. The van der Waals surface area contributed by atoms with Gasteiger partial charge in [0.25, 0.3) is 11.8 Å². The van der Waals surface area contributed by atoms with Crippen molar-refractivity contribution >= 4 is 23.2 Å². The number of hydrogen-bond acceptors (Lipinski definition) is 7. The molecule has 9 heteroatoms. The van der Waals surface area contributed by atoms with E-state index in [1.54, 1.807) is 35.8 Å². The highest BCUT2D eigenvalue weighted by molar-refractivity contribution is 7.07. The molecule has 8 nitrogen and oxygen atoms in total. The van der Waals surface area contributed by atoms with Crippen molar-refractivity contribution in [1.82, 2.24) is 15.6 Å². The molecule has 3 N–H and O–H groups in total. The topological polar surface area (TPSA) is 110 Å². The average Bonchev–Trinajstić information content (AvgIpc) is 3.30. The second-order valence-corrected chi connectivity index (χ2v) is 7.27. The van der Waals surface area contributed by atoms with Gasteiger partial charge in [0.15, 0.2) is 11.5 Å². The van der Waals surface area contributed by atoms with Crippen molar-refractivity contribution in [2.45, 2.75) is 13.0 Å². The number of hydrogen-bond donors (Lipinski definition) is 3. The smallest absolute Gasteiger partial charge is 0.251 e. The first-order valence-electron chi connectivity index (χ1n) is 9.60. The van der Waals surface area contributed by atoms with Crippen molar-refractivity contribution in [3.63, 3.8) is 0 Å². The minimum Gasteiger partial charge on any atom is -0.508 e. The Kier molecular flexibility index (Phi) is 7.83. The summed E-state index contributed by atoms with van der Waals surface area (Å²) >= 11 is 1.49. The SMILES string of the molecule is COc1cc(C(=O)NCCCNC(=O)c2cccc(O)c2)ccc1OCc1cscn1. The first kappa shape index (κ1) is 22.1. The van der Waals surface area contributed by atoms with Crippen LogP contribution >= 0.6 is 11.3 Å². The summed E-state index contributed by atoms with van der Waals surface area (Å²) in [5, 5.41) is 16.9. The lowest BCUT2D eigenvalue weighted by Crippen LogP contribution is -2.29. The third-order valence-electron chi connectivity index (χ3n) is 4.32. The number of aromatic hydroxyl groups is 1. The summed E-state index contributed by atoms with van der Waals surface area (Å²) < 4.78 is 11.1. The maximum Gasteiger partial charge on any atom is 0.251 e. The number of phenolic OH excluding ortho intramolecular Hbond substituents is 1. The molecule has 1 heterocycles. The molecule has 0 unspecified atom stereocenters. The number of aromatic nitrogens is 1. The molecule has 3 rings (SSSR count). The maximum atomic E-state index is 12.4. The van der Waals surface area contributed by atoms with Crippen molar-refractivity contribution in [2.75, 3.05) is 20.2 Å². The van der Waals surface area contributed by atoms with E-state index in [4.69, 9.17) is 9.47 Å². The Labute approximate surface area is 183 Å². The van der Waals surface area contributed by atoms with Crippen LogP contribution in [0.2, 0.25) is 0 Å². The first-order valence-corrected chi connectivity index (χ1v) is 10.5.